The topological polar surface area (TPSA) is 117 Å². The van der Waals surface area contributed by atoms with Crippen LogP contribution in [0.1, 0.15) is 11.5 Å². The van der Waals surface area contributed by atoms with Crippen molar-refractivity contribution in [1.29, 1.82) is 0 Å². The van der Waals surface area contributed by atoms with Crippen LogP contribution in [0.25, 0.3) is 17.0 Å². The first-order valence-electron chi connectivity index (χ1n) is 8.82. The lowest BCUT2D eigenvalue weighted by Gasteiger charge is -2.06. The van der Waals surface area contributed by atoms with Gasteiger partial charge in [0.15, 0.2) is 11.5 Å². The van der Waals surface area contributed by atoms with Crippen LogP contribution in [-0.4, -0.2) is 37.3 Å². The Balaban J connectivity index is 1.74. The summed E-state index contributed by atoms with van der Waals surface area (Å²) >= 11 is 0. The molecule has 0 unspecified atom stereocenters. The van der Waals surface area contributed by atoms with Gasteiger partial charge in [0.25, 0.3) is 0 Å². The molecule has 0 saturated heterocycles. The molecule has 0 bridgehead atoms. The third-order valence-electron chi connectivity index (χ3n) is 4.13. The fourth-order valence-corrected chi connectivity index (χ4v) is 2.93. The summed E-state index contributed by atoms with van der Waals surface area (Å²) in [7, 11) is 1.56. The highest BCUT2D eigenvalue weighted by Gasteiger charge is 2.17. The minimum Gasteiger partial charge on any atom is -0.378 e. The van der Waals surface area contributed by atoms with Gasteiger partial charge < -0.3 is 14.6 Å². The fraction of sp³-hybridized carbons (Fsp3) is 0.211. The zero-order valence-corrected chi connectivity index (χ0v) is 15.8. The Hall–Kier alpha value is -3.79. The predicted molar refractivity (Wildman–Crippen MR) is 103 cm³/mol. The molecule has 0 aliphatic carbocycles. The Morgan fingerprint density at radius 3 is 2.72 bits per heavy atom. The summed E-state index contributed by atoms with van der Waals surface area (Å²) in [6.07, 6.45) is 0. The van der Waals surface area contributed by atoms with Crippen LogP contribution in [0.2, 0.25) is 0 Å². The van der Waals surface area contributed by atoms with Crippen molar-refractivity contribution in [1.82, 2.24) is 24.3 Å². The number of ether oxygens (including phenoxy) is 1. The molecule has 1 aromatic carbocycles. The molecular weight excluding hydrogens is 376 g/mol. The second-order valence-electron chi connectivity index (χ2n) is 6.37. The lowest BCUT2D eigenvalue weighted by Crippen LogP contribution is -2.28. The second kappa shape index (κ2) is 7.68. The molecule has 0 aliphatic rings. The lowest BCUT2D eigenvalue weighted by molar-refractivity contribution is -0.117. The van der Waals surface area contributed by atoms with Crippen molar-refractivity contribution >= 4 is 17.4 Å². The van der Waals surface area contributed by atoms with Crippen molar-refractivity contribution in [3.63, 3.8) is 0 Å². The van der Waals surface area contributed by atoms with Gasteiger partial charge in [0.1, 0.15) is 18.1 Å². The zero-order chi connectivity index (χ0) is 20.4. The SMILES string of the molecule is COCc1cc2nn(CC(=O)Nc3cc(C)on3)c(=O)n2c(-c2ccccc2)n1. The number of nitrogens with zero attached hydrogens (tertiary/aromatic N) is 5. The van der Waals surface area contributed by atoms with Gasteiger partial charge in [-0.05, 0) is 6.92 Å². The van der Waals surface area contributed by atoms with Crippen molar-refractivity contribution < 1.29 is 14.1 Å². The lowest BCUT2D eigenvalue weighted by atomic mass is 10.2. The minimum absolute atomic E-state index is 0.267. The maximum absolute atomic E-state index is 13.0. The van der Waals surface area contributed by atoms with E-state index in [0.29, 0.717) is 22.9 Å². The van der Waals surface area contributed by atoms with Crippen molar-refractivity contribution in [3.8, 4) is 11.4 Å². The van der Waals surface area contributed by atoms with Crippen molar-refractivity contribution in [2.45, 2.75) is 20.1 Å². The van der Waals surface area contributed by atoms with Crippen LogP contribution in [0.5, 0.6) is 0 Å². The molecule has 1 amide bonds. The Kier molecular flexibility index (Phi) is 4.92. The average molecular weight is 394 g/mol. The summed E-state index contributed by atoms with van der Waals surface area (Å²) in [6, 6.07) is 12.5. The molecule has 10 heteroatoms. The van der Waals surface area contributed by atoms with Gasteiger partial charge in [-0.25, -0.2) is 18.9 Å². The van der Waals surface area contributed by atoms with Crippen molar-refractivity contribution in [3.05, 3.63) is 64.4 Å². The van der Waals surface area contributed by atoms with Crippen LogP contribution in [-0.2, 0) is 22.7 Å². The van der Waals surface area contributed by atoms with Gasteiger partial charge in [0, 0.05) is 24.8 Å². The van der Waals surface area contributed by atoms with Gasteiger partial charge in [-0.15, -0.1) is 5.10 Å². The van der Waals surface area contributed by atoms with Crippen LogP contribution in [0, 0.1) is 6.92 Å². The minimum atomic E-state index is -0.471. The fourth-order valence-electron chi connectivity index (χ4n) is 2.93. The Morgan fingerprint density at radius 2 is 2.03 bits per heavy atom. The number of methoxy groups -OCH3 is 1. The average Bonchev–Trinajstić information content (AvgIpc) is 3.25. The van der Waals surface area contributed by atoms with E-state index >= 15 is 0 Å². The summed E-state index contributed by atoms with van der Waals surface area (Å²) in [5.74, 6) is 0.821. The smallest absolute Gasteiger partial charge is 0.352 e. The molecule has 3 aromatic heterocycles. The molecule has 3 heterocycles. The first kappa shape index (κ1) is 18.6. The number of hydrogen-bond acceptors (Lipinski definition) is 7. The normalized spacial score (nSPS) is 11.1. The maximum atomic E-state index is 13.0. The number of benzene rings is 1. The van der Waals surface area contributed by atoms with Gasteiger partial charge in [-0.3, -0.25) is 4.79 Å². The largest absolute Gasteiger partial charge is 0.378 e. The highest BCUT2D eigenvalue weighted by atomic mass is 16.5. The number of carbonyl (C=O) groups excluding carboxylic acids is 1. The summed E-state index contributed by atoms with van der Waals surface area (Å²) in [5, 5.41) is 10.6. The van der Waals surface area contributed by atoms with E-state index in [-0.39, 0.29) is 19.0 Å². The number of carbonyl (C=O) groups is 1. The molecule has 0 aliphatic heterocycles. The first-order chi connectivity index (χ1) is 14.0. The summed E-state index contributed by atoms with van der Waals surface area (Å²) < 4.78 is 12.6. The quantitative estimate of drug-likeness (QED) is 0.528. The number of nitrogens with one attached hydrogen (secondary N) is 1. The van der Waals surface area contributed by atoms with Crippen LogP contribution < -0.4 is 11.0 Å². The molecule has 0 spiro atoms. The number of hydrogen-bond donors (Lipinski definition) is 1. The monoisotopic (exact) mass is 394 g/mol. The van der Waals surface area contributed by atoms with E-state index in [0.717, 1.165) is 10.2 Å². The number of rotatable bonds is 6. The number of amides is 1. The molecule has 148 valence electrons. The molecular formula is C19H18N6O4. The van der Waals surface area contributed by atoms with E-state index in [1.807, 2.05) is 30.3 Å². The predicted octanol–water partition coefficient (Wildman–Crippen LogP) is 1.64. The number of aromatic nitrogens is 5. The Bertz CT molecular complexity index is 1220. The molecule has 0 radical (unpaired) electrons. The van der Waals surface area contributed by atoms with Crippen LogP contribution >= 0.6 is 0 Å². The Morgan fingerprint density at radius 1 is 1.24 bits per heavy atom. The highest BCUT2D eigenvalue weighted by molar-refractivity contribution is 5.89. The number of fused-ring (bicyclic) bond motifs is 1. The number of anilines is 1. The van der Waals surface area contributed by atoms with E-state index in [4.69, 9.17) is 9.26 Å². The Labute approximate surface area is 164 Å². The van der Waals surface area contributed by atoms with Crippen molar-refractivity contribution in [2.75, 3.05) is 12.4 Å². The second-order valence-corrected chi connectivity index (χ2v) is 6.37. The first-order valence-corrected chi connectivity index (χ1v) is 8.82. The molecule has 0 atom stereocenters. The van der Waals surface area contributed by atoms with Crippen molar-refractivity contribution in [2.24, 2.45) is 0 Å². The van der Waals surface area contributed by atoms with E-state index in [2.05, 4.69) is 20.6 Å². The summed E-state index contributed by atoms with van der Waals surface area (Å²) in [4.78, 5) is 29.8. The van der Waals surface area contributed by atoms with E-state index in [1.54, 1.807) is 26.2 Å². The van der Waals surface area contributed by atoms with E-state index in [9.17, 15) is 9.59 Å². The molecule has 1 N–H and O–H groups in total. The molecule has 29 heavy (non-hydrogen) atoms. The third-order valence-corrected chi connectivity index (χ3v) is 4.13. The molecule has 4 aromatic rings. The van der Waals surface area contributed by atoms with E-state index in [1.165, 1.54) is 4.40 Å². The van der Waals surface area contributed by atoms with Crippen LogP contribution in [0.15, 0.2) is 51.8 Å². The number of aryl methyl sites for hydroxylation is 1. The highest BCUT2D eigenvalue weighted by Crippen LogP contribution is 2.18. The van der Waals surface area contributed by atoms with Gasteiger partial charge in [-0.2, -0.15) is 0 Å². The summed E-state index contributed by atoms with van der Waals surface area (Å²) in [5.41, 5.74) is 1.28. The van der Waals surface area contributed by atoms with Gasteiger partial charge in [0.05, 0.1) is 12.3 Å². The van der Waals surface area contributed by atoms with Crippen LogP contribution in [0.4, 0.5) is 5.82 Å². The standard InChI is InChI=1S/C19H18N6O4/c1-12-8-15(23-29-12)21-17(26)10-24-19(27)25-16(22-24)9-14(11-28-2)20-18(25)13-6-4-3-5-7-13/h3-9H,10-11H2,1-2H3,(H,21,23,26). The summed E-state index contributed by atoms with van der Waals surface area (Å²) in [6.45, 7) is 1.70. The van der Waals surface area contributed by atoms with Gasteiger partial charge in [-0.1, -0.05) is 35.5 Å². The maximum Gasteiger partial charge on any atom is 0.352 e. The van der Waals surface area contributed by atoms with Gasteiger partial charge in [0.2, 0.25) is 5.91 Å². The molecule has 0 saturated carbocycles. The molecule has 4 rings (SSSR count). The van der Waals surface area contributed by atoms with E-state index < -0.39 is 11.6 Å². The van der Waals surface area contributed by atoms with Crippen LogP contribution in [0.3, 0.4) is 0 Å². The zero-order valence-electron chi connectivity index (χ0n) is 15.8. The third kappa shape index (κ3) is 3.78. The van der Waals surface area contributed by atoms with Gasteiger partial charge >= 0.3 is 5.69 Å². The molecule has 10 nitrogen and oxygen atoms in total. The molecule has 0 fully saturated rings.